The number of piperidine rings is 1. The van der Waals surface area contributed by atoms with E-state index in [1.165, 1.54) is 15.8 Å². The lowest BCUT2D eigenvalue weighted by molar-refractivity contribution is -0.138. The molecule has 2 fully saturated rings. The van der Waals surface area contributed by atoms with Gasteiger partial charge in [-0.25, -0.2) is 13.8 Å². The normalized spacial score (nSPS) is 18.0. The molecule has 2 saturated heterocycles. The summed E-state index contributed by atoms with van der Waals surface area (Å²) in [5.74, 6) is -1.44. The second-order valence-electron chi connectivity index (χ2n) is 11.0. The lowest BCUT2D eigenvalue weighted by Crippen LogP contribution is -2.50. The predicted octanol–water partition coefficient (Wildman–Crippen LogP) is 2.61. The fourth-order valence-corrected chi connectivity index (χ4v) is 5.77. The minimum Gasteiger partial charge on any atom is -0.388 e. The number of hydrogen-bond acceptors (Lipinski definition) is 7. The van der Waals surface area contributed by atoms with Crippen LogP contribution in [0.4, 0.5) is 18.9 Å². The van der Waals surface area contributed by atoms with Crippen LogP contribution < -0.4 is 10.5 Å². The number of ether oxygens (including phenoxy) is 1. The molecule has 1 atom stereocenters. The van der Waals surface area contributed by atoms with Gasteiger partial charge in [-0.1, -0.05) is 0 Å². The third kappa shape index (κ3) is 6.02. The summed E-state index contributed by atoms with van der Waals surface area (Å²) >= 11 is 0. The van der Waals surface area contributed by atoms with Gasteiger partial charge in [0.1, 0.15) is 12.4 Å². The van der Waals surface area contributed by atoms with Crippen LogP contribution >= 0.6 is 0 Å². The van der Waals surface area contributed by atoms with Crippen molar-refractivity contribution in [2.45, 2.75) is 43.9 Å². The summed E-state index contributed by atoms with van der Waals surface area (Å²) < 4.78 is 49.8. The van der Waals surface area contributed by atoms with Crippen LogP contribution in [0.15, 0.2) is 59.9 Å². The zero-order valence-corrected chi connectivity index (χ0v) is 23.4. The molecule has 1 N–H and O–H groups in total. The maximum absolute atomic E-state index is 13.6. The van der Waals surface area contributed by atoms with Crippen LogP contribution in [0, 0.1) is 5.95 Å². The van der Waals surface area contributed by atoms with Gasteiger partial charge in [-0.05, 0) is 43.2 Å². The Morgan fingerprint density at radius 1 is 1.00 bits per heavy atom. The van der Waals surface area contributed by atoms with Crippen molar-refractivity contribution in [1.29, 1.82) is 0 Å². The van der Waals surface area contributed by atoms with E-state index in [2.05, 4.69) is 15.0 Å². The standard InChI is InChI=1S/C29H32F3N7O4/c30-24-6-10-39(34-24)23(26(31)32)17-25(40)36-11-7-29(42,8-12-36)18-37-19-33-27-22(28(37)41)5-9-38(27)21-3-1-20(2-4-21)35-13-15-43-16-14-35/h1-6,9-10,19,23,26,42H,7-8,11-18H2/t23-/m1/s1. The Balaban J connectivity index is 1.11. The summed E-state index contributed by atoms with van der Waals surface area (Å²) in [7, 11) is 0. The highest BCUT2D eigenvalue weighted by molar-refractivity contribution is 5.77. The highest BCUT2D eigenvalue weighted by atomic mass is 19.3. The number of aliphatic hydroxyl groups is 1. The van der Waals surface area contributed by atoms with Crippen LogP contribution in [0.2, 0.25) is 0 Å². The van der Waals surface area contributed by atoms with E-state index < -0.39 is 36.3 Å². The summed E-state index contributed by atoms with van der Waals surface area (Å²) in [4.78, 5) is 34.3. The number of alkyl halides is 2. The fraction of sp³-hybridized carbons (Fsp3) is 0.448. The molecule has 0 saturated carbocycles. The molecule has 2 aliphatic rings. The van der Waals surface area contributed by atoms with Crippen LogP contribution in [0.1, 0.15) is 25.3 Å². The molecule has 228 valence electrons. The highest BCUT2D eigenvalue weighted by Gasteiger charge is 2.36. The van der Waals surface area contributed by atoms with Gasteiger partial charge in [-0.2, -0.15) is 4.39 Å². The molecule has 0 unspecified atom stereocenters. The van der Waals surface area contributed by atoms with Crippen molar-refractivity contribution in [2.75, 3.05) is 44.3 Å². The molecule has 0 radical (unpaired) electrons. The van der Waals surface area contributed by atoms with E-state index in [1.807, 2.05) is 28.8 Å². The van der Waals surface area contributed by atoms with Gasteiger partial charge in [0.2, 0.25) is 11.9 Å². The molecular formula is C29H32F3N7O4. The number of amides is 1. The molecule has 2 aliphatic heterocycles. The number of carbonyl (C=O) groups excluding carboxylic acids is 1. The van der Waals surface area contributed by atoms with Gasteiger partial charge in [-0.3, -0.25) is 18.8 Å². The van der Waals surface area contributed by atoms with E-state index in [9.17, 15) is 27.9 Å². The maximum atomic E-state index is 13.6. The molecule has 1 aromatic carbocycles. The first-order chi connectivity index (χ1) is 20.7. The van der Waals surface area contributed by atoms with Crippen molar-refractivity contribution in [3.63, 3.8) is 0 Å². The highest BCUT2D eigenvalue weighted by Crippen LogP contribution is 2.27. The number of halogens is 3. The Labute approximate surface area is 244 Å². The predicted molar refractivity (Wildman–Crippen MR) is 151 cm³/mol. The van der Waals surface area contributed by atoms with E-state index in [1.54, 1.807) is 12.3 Å². The molecule has 0 aliphatic carbocycles. The molecule has 14 heteroatoms. The van der Waals surface area contributed by atoms with Gasteiger partial charge in [0.25, 0.3) is 12.0 Å². The number of morpholine rings is 1. The van der Waals surface area contributed by atoms with Crippen LogP contribution in [-0.4, -0.2) is 91.2 Å². The quantitative estimate of drug-likeness (QED) is 0.332. The summed E-state index contributed by atoms with van der Waals surface area (Å²) in [6.45, 7) is 3.29. The summed E-state index contributed by atoms with van der Waals surface area (Å²) in [5.41, 5.74) is 0.868. The maximum Gasteiger partial charge on any atom is 0.262 e. The fourth-order valence-electron chi connectivity index (χ4n) is 5.77. The zero-order chi connectivity index (χ0) is 30.1. The van der Waals surface area contributed by atoms with Crippen molar-refractivity contribution >= 4 is 22.6 Å². The second-order valence-corrected chi connectivity index (χ2v) is 11.0. The topological polar surface area (TPSA) is 111 Å². The number of fused-ring (bicyclic) bond motifs is 1. The second kappa shape index (κ2) is 11.8. The number of hydrogen-bond donors (Lipinski definition) is 1. The van der Waals surface area contributed by atoms with Crippen LogP contribution in [0.5, 0.6) is 0 Å². The molecule has 1 amide bonds. The molecule has 4 aromatic rings. The molecule has 3 aromatic heterocycles. The third-order valence-corrected chi connectivity index (χ3v) is 8.28. The van der Waals surface area contributed by atoms with Crippen molar-refractivity contribution in [3.8, 4) is 5.69 Å². The van der Waals surface area contributed by atoms with Gasteiger partial charge >= 0.3 is 0 Å². The van der Waals surface area contributed by atoms with Crippen molar-refractivity contribution in [3.05, 3.63) is 71.4 Å². The number of anilines is 1. The summed E-state index contributed by atoms with van der Waals surface area (Å²) in [6, 6.07) is 9.08. The summed E-state index contributed by atoms with van der Waals surface area (Å²) in [6.07, 6.45) is 1.11. The third-order valence-electron chi connectivity index (χ3n) is 8.28. The molecule has 11 nitrogen and oxygen atoms in total. The lowest BCUT2D eigenvalue weighted by Gasteiger charge is -2.38. The zero-order valence-electron chi connectivity index (χ0n) is 23.4. The van der Waals surface area contributed by atoms with E-state index >= 15 is 0 Å². The Kier molecular flexibility index (Phi) is 7.97. The van der Waals surface area contributed by atoms with Crippen LogP contribution in [0.25, 0.3) is 16.7 Å². The minimum atomic E-state index is -2.91. The van der Waals surface area contributed by atoms with Crippen molar-refractivity contribution in [1.82, 2.24) is 28.8 Å². The van der Waals surface area contributed by atoms with Gasteiger partial charge < -0.3 is 24.2 Å². The van der Waals surface area contributed by atoms with Crippen LogP contribution in [0.3, 0.4) is 0 Å². The molecule has 5 heterocycles. The van der Waals surface area contributed by atoms with E-state index in [4.69, 9.17) is 4.74 Å². The average molecular weight is 600 g/mol. The molecule has 43 heavy (non-hydrogen) atoms. The molecule has 6 rings (SSSR count). The van der Waals surface area contributed by atoms with Crippen LogP contribution in [-0.2, 0) is 16.1 Å². The number of aromatic nitrogens is 5. The molecule has 0 bridgehead atoms. The first-order valence-corrected chi connectivity index (χ1v) is 14.2. The molecule has 0 spiro atoms. The van der Waals surface area contributed by atoms with Crippen molar-refractivity contribution < 1.29 is 27.8 Å². The van der Waals surface area contributed by atoms with Gasteiger partial charge in [0, 0.05) is 56.0 Å². The Morgan fingerprint density at radius 3 is 2.35 bits per heavy atom. The number of benzene rings is 1. The Morgan fingerprint density at radius 2 is 1.70 bits per heavy atom. The van der Waals surface area contributed by atoms with E-state index in [0.29, 0.717) is 24.2 Å². The van der Waals surface area contributed by atoms with E-state index in [-0.39, 0.29) is 38.0 Å². The number of rotatable bonds is 8. The SMILES string of the molecule is O=C(C[C@H](C(F)F)n1ccc(F)n1)N1CCC(O)(Cn2cnc3c(ccn3-c3ccc(N4CCOCC4)cc3)c2=O)CC1. The minimum absolute atomic E-state index is 0.0253. The summed E-state index contributed by atoms with van der Waals surface area (Å²) in [5, 5.41) is 15.1. The Hall–Kier alpha value is -4.17. The molecular weight excluding hydrogens is 567 g/mol. The van der Waals surface area contributed by atoms with E-state index in [0.717, 1.165) is 41.4 Å². The monoisotopic (exact) mass is 599 g/mol. The average Bonchev–Trinajstić information content (AvgIpc) is 3.64. The van der Waals surface area contributed by atoms with Gasteiger partial charge in [0.15, 0.2) is 5.65 Å². The number of nitrogens with zero attached hydrogens (tertiary/aromatic N) is 7. The van der Waals surface area contributed by atoms with Gasteiger partial charge in [0.05, 0.1) is 37.2 Å². The van der Waals surface area contributed by atoms with Crippen molar-refractivity contribution in [2.24, 2.45) is 0 Å². The first kappa shape index (κ1) is 28.9. The number of carbonyl (C=O) groups is 1. The first-order valence-electron chi connectivity index (χ1n) is 14.2. The lowest BCUT2D eigenvalue weighted by atomic mass is 9.91. The Bertz CT molecular complexity index is 1640. The number of likely N-dealkylation sites (tertiary alicyclic amines) is 1. The van der Waals surface area contributed by atoms with Gasteiger partial charge in [-0.15, -0.1) is 5.10 Å². The smallest absolute Gasteiger partial charge is 0.262 e. The largest absolute Gasteiger partial charge is 0.388 e.